The second-order valence-electron chi connectivity index (χ2n) is 7.92. The Labute approximate surface area is 227 Å². The Morgan fingerprint density at radius 1 is 0.861 bits per heavy atom. The zero-order chi connectivity index (χ0) is 26.5. The van der Waals surface area contributed by atoms with Gasteiger partial charge in [0.1, 0.15) is 21.8 Å². The molecule has 36 heavy (non-hydrogen) atoms. The van der Waals surface area contributed by atoms with E-state index in [9.17, 15) is 22.8 Å². The van der Waals surface area contributed by atoms with Crippen LogP contribution in [0, 0.1) is 23.4 Å². The van der Waals surface area contributed by atoms with E-state index in [1.807, 2.05) is 0 Å². The largest absolute Gasteiger partial charge is 0.396 e. The molecule has 0 saturated heterocycles. The van der Waals surface area contributed by atoms with Crippen molar-refractivity contribution in [3.63, 3.8) is 0 Å². The van der Waals surface area contributed by atoms with E-state index in [4.69, 9.17) is 63.7 Å². The molecule has 1 fully saturated rings. The molecule has 0 spiro atoms. The first-order chi connectivity index (χ1) is 16.8. The van der Waals surface area contributed by atoms with Crippen molar-refractivity contribution in [2.24, 2.45) is 5.92 Å². The first-order valence-corrected chi connectivity index (χ1v) is 11.9. The maximum Gasteiger partial charge on any atom is 0.257 e. The van der Waals surface area contributed by atoms with E-state index >= 15 is 0 Å². The summed E-state index contributed by atoms with van der Waals surface area (Å²) in [4.78, 5) is 25.6. The number of nitrogens with one attached hydrogen (secondary N) is 2. The fourth-order valence-electron chi connectivity index (χ4n) is 3.67. The Morgan fingerprint density at radius 3 is 2.22 bits per heavy atom. The lowest BCUT2D eigenvalue weighted by Crippen LogP contribution is -2.19. The summed E-state index contributed by atoms with van der Waals surface area (Å²) in [6.45, 7) is 0. The third kappa shape index (κ3) is 5.06. The summed E-state index contributed by atoms with van der Waals surface area (Å²) in [6.07, 6.45) is 0. The molecule has 0 bridgehead atoms. The van der Waals surface area contributed by atoms with Gasteiger partial charge in [-0.3, -0.25) is 9.59 Å². The Bertz CT molecular complexity index is 1420. The summed E-state index contributed by atoms with van der Waals surface area (Å²) in [6, 6.07) is 7.99. The van der Waals surface area contributed by atoms with Crippen molar-refractivity contribution in [2.75, 3.05) is 16.4 Å². The van der Waals surface area contributed by atoms with Gasteiger partial charge in [0, 0.05) is 17.7 Å². The highest BCUT2D eigenvalue weighted by Gasteiger charge is 2.67. The molecular weight excluding hydrogens is 585 g/mol. The molecule has 1 aliphatic rings. The third-order valence-electron chi connectivity index (χ3n) is 5.51. The topological polar surface area (TPSA) is 84.2 Å². The Balaban J connectivity index is 1.56. The maximum absolute atomic E-state index is 14.5. The summed E-state index contributed by atoms with van der Waals surface area (Å²) in [7, 11) is 0. The molecular formula is C23H13Cl5F3N3O2. The van der Waals surface area contributed by atoms with Gasteiger partial charge in [-0.1, -0.05) is 40.9 Å². The molecule has 2 atom stereocenters. The van der Waals surface area contributed by atoms with E-state index in [1.54, 1.807) is 6.07 Å². The van der Waals surface area contributed by atoms with Gasteiger partial charge >= 0.3 is 0 Å². The van der Waals surface area contributed by atoms with Gasteiger partial charge in [0.25, 0.3) is 5.91 Å². The van der Waals surface area contributed by atoms with Crippen LogP contribution in [-0.2, 0) is 4.79 Å². The van der Waals surface area contributed by atoms with Gasteiger partial charge in [-0.2, -0.15) is 0 Å². The molecule has 0 aromatic heterocycles. The molecule has 0 heterocycles. The van der Waals surface area contributed by atoms with Crippen molar-refractivity contribution in [1.82, 2.24) is 0 Å². The smallest absolute Gasteiger partial charge is 0.257 e. The van der Waals surface area contributed by atoms with E-state index in [2.05, 4.69) is 10.6 Å². The predicted molar refractivity (Wildman–Crippen MR) is 136 cm³/mol. The average molecular weight is 598 g/mol. The van der Waals surface area contributed by atoms with Gasteiger partial charge in [0.15, 0.2) is 0 Å². The number of rotatable bonds is 5. The molecule has 4 N–H and O–H groups in total. The van der Waals surface area contributed by atoms with Crippen LogP contribution in [0.3, 0.4) is 0 Å². The monoisotopic (exact) mass is 595 g/mol. The quantitative estimate of drug-likeness (QED) is 0.211. The predicted octanol–water partition coefficient (Wildman–Crippen LogP) is 7.42. The molecule has 2 amide bonds. The normalized spacial score (nSPS) is 18.0. The second kappa shape index (κ2) is 9.84. The van der Waals surface area contributed by atoms with Crippen molar-refractivity contribution in [1.29, 1.82) is 0 Å². The molecule has 3 aromatic rings. The number of carbonyl (C=O) groups is 2. The Kier molecular flexibility index (Phi) is 7.29. The Hall–Kier alpha value is -2.36. The number of alkyl halides is 2. The number of halogens is 8. The number of benzene rings is 3. The van der Waals surface area contributed by atoms with Crippen LogP contribution in [-0.4, -0.2) is 16.1 Å². The zero-order valence-corrected chi connectivity index (χ0v) is 21.4. The van der Waals surface area contributed by atoms with Crippen LogP contribution in [0.15, 0.2) is 42.5 Å². The fourth-order valence-corrected chi connectivity index (χ4v) is 5.00. The standard InChI is InChI=1S/C23H13Cl5F3N3O2/c24-11-2-1-8(3-12(11)25)18-19(23(18,27)28)22(36)33-9-4-10(20(26)15(31)5-9)21(35)34-17-7-16(32)13(29)6-14(17)30/h1-7,18-19H,32H2,(H,33,36)(H,34,35)/t18-,19?/m0/s1. The van der Waals surface area contributed by atoms with E-state index in [0.717, 1.165) is 18.2 Å². The number of hydrogen-bond donors (Lipinski definition) is 3. The van der Waals surface area contributed by atoms with Gasteiger partial charge in [-0.25, -0.2) is 13.2 Å². The van der Waals surface area contributed by atoms with Crippen LogP contribution in [0.5, 0.6) is 0 Å². The summed E-state index contributed by atoms with van der Waals surface area (Å²) < 4.78 is 40.4. The van der Waals surface area contributed by atoms with Gasteiger partial charge < -0.3 is 16.4 Å². The van der Waals surface area contributed by atoms with Crippen LogP contribution >= 0.6 is 58.0 Å². The van der Waals surface area contributed by atoms with Crippen molar-refractivity contribution < 1.29 is 22.8 Å². The SMILES string of the molecule is Nc1cc(NC(=O)c2cc(NC(=O)C3[C@H](c4ccc(Cl)c(Cl)c4)C3(Cl)Cl)cc(F)c2Cl)c(F)cc1F. The molecule has 0 radical (unpaired) electrons. The highest BCUT2D eigenvalue weighted by molar-refractivity contribution is 6.53. The van der Waals surface area contributed by atoms with Gasteiger partial charge in [-0.05, 0) is 35.9 Å². The van der Waals surface area contributed by atoms with Crippen LogP contribution in [0.1, 0.15) is 21.8 Å². The number of nitrogens with two attached hydrogens (primary N) is 1. The minimum absolute atomic E-state index is 0.143. The Morgan fingerprint density at radius 2 is 1.56 bits per heavy atom. The molecule has 5 nitrogen and oxygen atoms in total. The maximum atomic E-state index is 14.5. The molecule has 0 aliphatic heterocycles. The van der Waals surface area contributed by atoms with Gasteiger partial charge in [0.2, 0.25) is 5.91 Å². The van der Waals surface area contributed by atoms with E-state index in [0.29, 0.717) is 16.7 Å². The number of nitrogen functional groups attached to an aromatic ring is 1. The van der Waals surface area contributed by atoms with Crippen LogP contribution < -0.4 is 16.4 Å². The lowest BCUT2D eigenvalue weighted by Gasteiger charge is -2.12. The first kappa shape index (κ1) is 26.7. The average Bonchev–Trinajstić information content (AvgIpc) is 3.38. The second-order valence-corrected chi connectivity index (χ2v) is 10.6. The van der Waals surface area contributed by atoms with Crippen LogP contribution in [0.25, 0.3) is 0 Å². The molecule has 4 rings (SSSR count). The first-order valence-electron chi connectivity index (χ1n) is 9.99. The minimum atomic E-state index is -1.48. The van der Waals surface area contributed by atoms with Gasteiger partial charge in [0.05, 0.1) is 37.9 Å². The van der Waals surface area contributed by atoms with Crippen LogP contribution in [0.2, 0.25) is 15.1 Å². The summed E-state index contributed by atoms with van der Waals surface area (Å²) in [5, 5.41) is 4.56. The van der Waals surface area contributed by atoms with Gasteiger partial charge in [-0.15, -0.1) is 23.2 Å². The zero-order valence-electron chi connectivity index (χ0n) is 17.6. The van der Waals surface area contributed by atoms with Crippen molar-refractivity contribution in [3.8, 4) is 0 Å². The van der Waals surface area contributed by atoms with Crippen molar-refractivity contribution in [3.05, 3.63) is 86.1 Å². The summed E-state index contributed by atoms with van der Waals surface area (Å²) in [5.41, 5.74) is 4.51. The summed E-state index contributed by atoms with van der Waals surface area (Å²) >= 11 is 30.5. The number of amides is 2. The van der Waals surface area contributed by atoms with Crippen molar-refractivity contribution in [2.45, 2.75) is 10.3 Å². The highest BCUT2D eigenvalue weighted by Crippen LogP contribution is 2.65. The summed E-state index contributed by atoms with van der Waals surface area (Å²) in [5.74, 6) is -6.45. The van der Waals surface area contributed by atoms with Crippen molar-refractivity contribution >= 4 is 86.9 Å². The van der Waals surface area contributed by atoms with E-state index < -0.39 is 67.4 Å². The lowest BCUT2D eigenvalue weighted by molar-refractivity contribution is -0.117. The molecule has 1 unspecified atom stereocenters. The molecule has 13 heteroatoms. The fraction of sp³-hybridized carbons (Fsp3) is 0.130. The molecule has 1 aliphatic carbocycles. The number of carbonyl (C=O) groups excluding carboxylic acids is 2. The van der Waals surface area contributed by atoms with E-state index in [1.165, 1.54) is 12.1 Å². The molecule has 188 valence electrons. The highest BCUT2D eigenvalue weighted by atomic mass is 35.5. The molecule has 3 aromatic carbocycles. The van der Waals surface area contributed by atoms with Crippen LogP contribution in [0.4, 0.5) is 30.2 Å². The number of hydrogen-bond acceptors (Lipinski definition) is 3. The number of anilines is 3. The lowest BCUT2D eigenvalue weighted by atomic mass is 10.1. The third-order valence-corrected chi connectivity index (χ3v) is 7.58. The minimum Gasteiger partial charge on any atom is -0.396 e. The molecule has 1 saturated carbocycles. The van der Waals surface area contributed by atoms with E-state index in [-0.39, 0.29) is 10.7 Å².